The molecule has 1 saturated heterocycles. The number of pyridine rings is 1. The van der Waals surface area contributed by atoms with Crippen molar-refractivity contribution in [3.05, 3.63) is 47.4 Å². The van der Waals surface area contributed by atoms with E-state index in [4.69, 9.17) is 10.5 Å². The van der Waals surface area contributed by atoms with Crippen LogP contribution in [0.5, 0.6) is 0 Å². The maximum Gasteiger partial charge on any atom is 0.220 e. The molecule has 1 fully saturated rings. The number of anilines is 2. The maximum absolute atomic E-state index is 14.6. The van der Waals surface area contributed by atoms with Crippen molar-refractivity contribution in [2.45, 2.75) is 13.8 Å². The van der Waals surface area contributed by atoms with Crippen LogP contribution in [0, 0.1) is 25.6 Å². The van der Waals surface area contributed by atoms with Gasteiger partial charge in [0.2, 0.25) is 5.95 Å². The third-order valence-corrected chi connectivity index (χ3v) is 4.81. The average molecular weight is 358 g/mol. The second-order valence-electron chi connectivity index (χ2n) is 6.58. The largest absolute Gasteiger partial charge is 0.396 e. The molecule has 5 nitrogen and oxygen atoms in total. The molecule has 136 valence electrons. The number of imidazole rings is 1. The van der Waals surface area contributed by atoms with Gasteiger partial charge in [-0.25, -0.2) is 9.37 Å². The molecule has 2 aromatic heterocycles. The monoisotopic (exact) mass is 358 g/mol. The van der Waals surface area contributed by atoms with E-state index >= 15 is 0 Å². The molecule has 0 saturated carbocycles. The van der Waals surface area contributed by atoms with Gasteiger partial charge >= 0.3 is 0 Å². The molecule has 1 aliphatic heterocycles. The van der Waals surface area contributed by atoms with Gasteiger partial charge < -0.3 is 15.4 Å². The van der Waals surface area contributed by atoms with Crippen molar-refractivity contribution in [2.24, 2.45) is 0 Å². The number of aryl methyl sites for hydroxylation is 2. The van der Waals surface area contributed by atoms with Gasteiger partial charge in [-0.15, -0.1) is 0 Å². The number of fused-ring (bicyclic) bond motifs is 1. The van der Waals surface area contributed by atoms with Gasteiger partial charge in [-0.05, 0) is 43.2 Å². The van der Waals surface area contributed by atoms with E-state index in [2.05, 4.69) is 9.88 Å². The number of nitrogens with two attached hydrogens (primary N) is 1. The summed E-state index contributed by atoms with van der Waals surface area (Å²) in [6, 6.07) is 4.96. The minimum Gasteiger partial charge on any atom is -0.396 e. The number of hydrogen-bond donors (Lipinski definition) is 1. The Bertz CT molecular complexity index is 993. The van der Waals surface area contributed by atoms with Crippen LogP contribution in [-0.2, 0) is 4.74 Å². The Balaban J connectivity index is 1.96. The van der Waals surface area contributed by atoms with E-state index in [-0.39, 0.29) is 5.69 Å². The van der Waals surface area contributed by atoms with Crippen LogP contribution in [0.1, 0.15) is 11.3 Å². The molecule has 7 heteroatoms. The first-order valence-corrected chi connectivity index (χ1v) is 8.52. The first-order chi connectivity index (χ1) is 12.5. The summed E-state index contributed by atoms with van der Waals surface area (Å²) in [5.41, 5.74) is 9.84. The summed E-state index contributed by atoms with van der Waals surface area (Å²) in [6.45, 7) is 6.09. The molecule has 0 spiro atoms. The Hall–Kier alpha value is -2.67. The van der Waals surface area contributed by atoms with Crippen LogP contribution < -0.4 is 10.6 Å². The molecular weight excluding hydrogens is 338 g/mol. The summed E-state index contributed by atoms with van der Waals surface area (Å²) < 4.78 is 35.2. The van der Waals surface area contributed by atoms with Crippen LogP contribution in [0.4, 0.5) is 20.2 Å². The van der Waals surface area contributed by atoms with Crippen molar-refractivity contribution < 1.29 is 13.5 Å². The van der Waals surface area contributed by atoms with Crippen molar-refractivity contribution in [2.75, 3.05) is 36.9 Å². The summed E-state index contributed by atoms with van der Waals surface area (Å²) in [4.78, 5) is 6.53. The molecular formula is C19H20F2N4O. The Kier molecular flexibility index (Phi) is 4.03. The number of morpholine rings is 1. The van der Waals surface area contributed by atoms with E-state index in [1.807, 2.05) is 13.0 Å². The fraction of sp³-hybridized carbons (Fsp3) is 0.316. The van der Waals surface area contributed by atoms with Gasteiger partial charge in [-0.3, -0.25) is 4.40 Å². The third-order valence-electron chi connectivity index (χ3n) is 4.81. The topological polar surface area (TPSA) is 55.8 Å². The number of nitrogen functional groups attached to an aromatic ring is 1. The van der Waals surface area contributed by atoms with Crippen LogP contribution in [-0.4, -0.2) is 35.7 Å². The number of rotatable bonds is 2. The van der Waals surface area contributed by atoms with Crippen molar-refractivity contribution >= 4 is 17.0 Å². The molecule has 0 unspecified atom stereocenters. The van der Waals surface area contributed by atoms with Crippen molar-refractivity contribution in [3.8, 4) is 11.1 Å². The van der Waals surface area contributed by atoms with Gasteiger partial charge in [-0.2, -0.15) is 4.39 Å². The standard InChI is InChI=1S/C19H20F2N4O/c1-11-7-15(20)16(22)9-14(11)13-8-17(24-3-5-26-6-4-24)19-23-12(2)18(21)25(19)10-13/h7-10H,3-6,22H2,1-2H3. The molecule has 0 radical (unpaired) electrons. The molecule has 0 bridgehead atoms. The lowest BCUT2D eigenvalue weighted by Gasteiger charge is -2.29. The predicted octanol–water partition coefficient (Wildman–Crippen LogP) is 3.32. The number of aromatic nitrogens is 2. The molecule has 3 heterocycles. The molecule has 4 rings (SSSR count). The van der Waals surface area contributed by atoms with Crippen LogP contribution in [0.3, 0.4) is 0 Å². The minimum absolute atomic E-state index is 0.0703. The van der Waals surface area contributed by atoms with E-state index in [0.29, 0.717) is 37.6 Å². The Morgan fingerprint density at radius 2 is 1.85 bits per heavy atom. The van der Waals surface area contributed by atoms with Gasteiger partial charge in [0.05, 0.1) is 30.3 Å². The van der Waals surface area contributed by atoms with Gasteiger partial charge in [0.1, 0.15) is 5.82 Å². The normalized spacial score (nSPS) is 15.0. The van der Waals surface area contributed by atoms with Crippen LogP contribution >= 0.6 is 0 Å². The van der Waals surface area contributed by atoms with Crippen molar-refractivity contribution in [3.63, 3.8) is 0 Å². The van der Waals surface area contributed by atoms with E-state index in [9.17, 15) is 8.78 Å². The number of nitrogens with zero attached hydrogens (tertiary/aromatic N) is 3. The zero-order chi connectivity index (χ0) is 18.4. The van der Waals surface area contributed by atoms with Crippen LogP contribution in [0.15, 0.2) is 24.4 Å². The molecule has 1 aromatic carbocycles. The summed E-state index contributed by atoms with van der Waals surface area (Å²) in [6.07, 6.45) is 1.69. The molecule has 0 amide bonds. The highest BCUT2D eigenvalue weighted by atomic mass is 19.1. The zero-order valence-electron chi connectivity index (χ0n) is 14.7. The number of halogens is 2. The first-order valence-electron chi connectivity index (χ1n) is 8.52. The molecule has 26 heavy (non-hydrogen) atoms. The van der Waals surface area contributed by atoms with E-state index in [1.54, 1.807) is 19.2 Å². The summed E-state index contributed by atoms with van der Waals surface area (Å²) in [7, 11) is 0. The van der Waals surface area contributed by atoms with E-state index in [0.717, 1.165) is 22.4 Å². The van der Waals surface area contributed by atoms with Crippen LogP contribution in [0.2, 0.25) is 0 Å². The highest BCUT2D eigenvalue weighted by Crippen LogP contribution is 2.33. The number of benzene rings is 1. The molecule has 0 atom stereocenters. The predicted molar refractivity (Wildman–Crippen MR) is 97.5 cm³/mol. The lowest BCUT2D eigenvalue weighted by Crippen LogP contribution is -2.36. The van der Waals surface area contributed by atoms with Crippen molar-refractivity contribution in [1.82, 2.24) is 9.38 Å². The minimum atomic E-state index is -0.453. The zero-order valence-corrected chi connectivity index (χ0v) is 14.7. The SMILES string of the molecule is Cc1cc(F)c(N)cc1-c1cc(N2CCOCC2)c2nc(C)c(F)n2c1. The molecule has 1 aliphatic rings. The third kappa shape index (κ3) is 2.68. The lowest BCUT2D eigenvalue weighted by molar-refractivity contribution is 0.123. The second-order valence-corrected chi connectivity index (χ2v) is 6.58. The van der Waals surface area contributed by atoms with Gasteiger partial charge in [0.15, 0.2) is 5.65 Å². The maximum atomic E-state index is 14.6. The highest BCUT2D eigenvalue weighted by molar-refractivity contribution is 5.80. The van der Waals surface area contributed by atoms with Gasteiger partial charge in [0.25, 0.3) is 0 Å². The van der Waals surface area contributed by atoms with Gasteiger partial charge in [-0.1, -0.05) is 0 Å². The fourth-order valence-corrected chi connectivity index (χ4v) is 3.40. The molecule has 0 aliphatic carbocycles. The smallest absolute Gasteiger partial charge is 0.220 e. The summed E-state index contributed by atoms with van der Waals surface area (Å²) in [5.74, 6) is -0.852. The Labute approximate surface area is 150 Å². The summed E-state index contributed by atoms with van der Waals surface area (Å²) >= 11 is 0. The van der Waals surface area contributed by atoms with Crippen molar-refractivity contribution in [1.29, 1.82) is 0 Å². The summed E-state index contributed by atoms with van der Waals surface area (Å²) in [5, 5.41) is 0. The highest BCUT2D eigenvalue weighted by Gasteiger charge is 2.20. The average Bonchev–Trinajstić information content (AvgIpc) is 2.93. The number of hydrogen-bond acceptors (Lipinski definition) is 4. The second kappa shape index (κ2) is 6.25. The lowest BCUT2D eigenvalue weighted by atomic mass is 10.0. The Morgan fingerprint density at radius 3 is 2.58 bits per heavy atom. The number of ether oxygens (including phenoxy) is 1. The first kappa shape index (κ1) is 16.8. The molecule has 3 aromatic rings. The fourth-order valence-electron chi connectivity index (χ4n) is 3.40. The van der Waals surface area contributed by atoms with Crippen LogP contribution in [0.25, 0.3) is 16.8 Å². The quantitative estimate of drug-likeness (QED) is 0.714. The molecule has 2 N–H and O–H groups in total. The Morgan fingerprint density at radius 1 is 1.12 bits per heavy atom. The van der Waals surface area contributed by atoms with Gasteiger partial charge in [0, 0.05) is 24.8 Å². The van der Waals surface area contributed by atoms with E-state index < -0.39 is 11.8 Å². The van der Waals surface area contributed by atoms with E-state index in [1.165, 1.54) is 10.5 Å².